The summed E-state index contributed by atoms with van der Waals surface area (Å²) in [6, 6.07) is 6.76. The van der Waals surface area contributed by atoms with Crippen molar-refractivity contribution in [3.05, 3.63) is 35.4 Å². The van der Waals surface area contributed by atoms with E-state index in [9.17, 15) is 15.0 Å². The number of hydrogen-bond acceptors (Lipinski definition) is 4. The van der Waals surface area contributed by atoms with E-state index in [4.69, 9.17) is 11.5 Å². The normalized spacial score (nSPS) is 14.6. The number of carbonyl (C=O) groups excluding carboxylic acids is 1. The van der Waals surface area contributed by atoms with Gasteiger partial charge in [-0.25, -0.2) is 0 Å². The molecule has 0 radical (unpaired) electrons. The first kappa shape index (κ1) is 11.6. The number of aliphatic hydroxyl groups excluding tert-OH is 2. The summed E-state index contributed by atoms with van der Waals surface area (Å²) in [5, 5.41) is 19.0. The largest absolute Gasteiger partial charge is 0.385 e. The average Bonchev–Trinajstić information content (AvgIpc) is 2.26. The van der Waals surface area contributed by atoms with Crippen molar-refractivity contribution in [1.29, 1.82) is 0 Å². The lowest BCUT2D eigenvalue weighted by Crippen LogP contribution is -2.34. The van der Waals surface area contributed by atoms with Crippen LogP contribution in [0.1, 0.15) is 17.2 Å². The van der Waals surface area contributed by atoms with E-state index in [0.717, 1.165) is 0 Å². The van der Waals surface area contributed by atoms with Crippen LogP contribution in [-0.2, 0) is 11.3 Å². The van der Waals surface area contributed by atoms with Crippen molar-refractivity contribution in [2.45, 2.75) is 18.8 Å². The summed E-state index contributed by atoms with van der Waals surface area (Å²) in [4.78, 5) is 10.7. The zero-order chi connectivity index (χ0) is 11.4. The number of hydrogen-bond donors (Lipinski definition) is 4. The molecule has 0 fully saturated rings. The molecule has 0 heterocycles. The zero-order valence-corrected chi connectivity index (χ0v) is 8.13. The summed E-state index contributed by atoms with van der Waals surface area (Å²) >= 11 is 0. The number of aliphatic hydroxyl groups is 2. The highest BCUT2D eigenvalue weighted by atomic mass is 16.3. The maximum Gasteiger partial charge on any atom is 0.249 e. The minimum atomic E-state index is -1.61. The van der Waals surface area contributed by atoms with Crippen LogP contribution in [0.3, 0.4) is 0 Å². The van der Waals surface area contributed by atoms with Gasteiger partial charge in [0.25, 0.3) is 0 Å². The van der Waals surface area contributed by atoms with Gasteiger partial charge in [0.05, 0.1) is 0 Å². The van der Waals surface area contributed by atoms with E-state index in [0.29, 0.717) is 11.1 Å². The van der Waals surface area contributed by atoms with Crippen LogP contribution >= 0.6 is 0 Å². The maximum atomic E-state index is 10.7. The number of carbonyl (C=O) groups is 1. The van der Waals surface area contributed by atoms with Gasteiger partial charge >= 0.3 is 0 Å². The van der Waals surface area contributed by atoms with Crippen molar-refractivity contribution in [2.24, 2.45) is 11.5 Å². The lowest BCUT2D eigenvalue weighted by atomic mass is 9.98. The number of benzene rings is 1. The molecule has 0 aromatic heterocycles. The third-order valence-corrected chi connectivity index (χ3v) is 2.18. The van der Waals surface area contributed by atoms with Gasteiger partial charge in [-0.2, -0.15) is 0 Å². The fourth-order valence-electron chi connectivity index (χ4n) is 1.33. The van der Waals surface area contributed by atoms with Crippen molar-refractivity contribution >= 4 is 5.91 Å². The third kappa shape index (κ3) is 2.53. The molecular formula is C10H14N2O3. The van der Waals surface area contributed by atoms with Crippen LogP contribution in [-0.4, -0.2) is 22.2 Å². The molecule has 0 spiro atoms. The summed E-state index contributed by atoms with van der Waals surface area (Å²) in [7, 11) is 0. The first-order chi connectivity index (χ1) is 7.07. The fourth-order valence-corrected chi connectivity index (χ4v) is 1.33. The van der Waals surface area contributed by atoms with Crippen LogP contribution in [0.2, 0.25) is 0 Å². The quantitative estimate of drug-likeness (QED) is 0.512. The van der Waals surface area contributed by atoms with E-state index in [-0.39, 0.29) is 6.54 Å². The average molecular weight is 210 g/mol. The smallest absolute Gasteiger partial charge is 0.249 e. The maximum absolute atomic E-state index is 10.7. The molecule has 6 N–H and O–H groups in total. The SMILES string of the molecule is NCc1ccccc1C(O)C(O)C(N)=O. The molecule has 1 rings (SSSR count). The van der Waals surface area contributed by atoms with Crippen molar-refractivity contribution in [3.63, 3.8) is 0 Å². The summed E-state index contributed by atoms with van der Waals surface area (Å²) in [6.45, 7) is 0.221. The minimum absolute atomic E-state index is 0.221. The van der Waals surface area contributed by atoms with Gasteiger partial charge in [-0.15, -0.1) is 0 Å². The van der Waals surface area contributed by atoms with Gasteiger partial charge < -0.3 is 21.7 Å². The molecule has 15 heavy (non-hydrogen) atoms. The van der Waals surface area contributed by atoms with E-state index in [2.05, 4.69) is 0 Å². The topological polar surface area (TPSA) is 110 Å². The Bertz CT molecular complexity index is 354. The molecule has 0 saturated heterocycles. The summed E-state index contributed by atoms with van der Waals surface area (Å²) < 4.78 is 0. The highest BCUT2D eigenvalue weighted by Gasteiger charge is 2.24. The number of amides is 1. The van der Waals surface area contributed by atoms with E-state index in [1.54, 1.807) is 24.3 Å². The van der Waals surface area contributed by atoms with Gasteiger partial charge in [-0.05, 0) is 11.1 Å². The van der Waals surface area contributed by atoms with Crippen LogP contribution < -0.4 is 11.5 Å². The molecule has 1 aromatic carbocycles. The Kier molecular flexibility index (Phi) is 3.79. The fraction of sp³-hybridized carbons (Fsp3) is 0.300. The second kappa shape index (κ2) is 4.88. The predicted octanol–water partition coefficient (Wildman–Crippen LogP) is -0.975. The zero-order valence-electron chi connectivity index (χ0n) is 8.13. The lowest BCUT2D eigenvalue weighted by Gasteiger charge is -2.17. The van der Waals surface area contributed by atoms with Crippen LogP contribution in [0.5, 0.6) is 0 Å². The molecule has 0 aliphatic rings. The Morgan fingerprint density at radius 1 is 1.33 bits per heavy atom. The Morgan fingerprint density at radius 2 is 1.93 bits per heavy atom. The van der Waals surface area contributed by atoms with Crippen molar-refractivity contribution in [3.8, 4) is 0 Å². The third-order valence-electron chi connectivity index (χ3n) is 2.18. The van der Waals surface area contributed by atoms with Crippen LogP contribution in [0, 0.1) is 0 Å². The monoisotopic (exact) mass is 210 g/mol. The molecule has 0 aliphatic heterocycles. The minimum Gasteiger partial charge on any atom is -0.385 e. The molecule has 5 nitrogen and oxygen atoms in total. The molecule has 1 aromatic rings. The van der Waals surface area contributed by atoms with Crippen molar-refractivity contribution < 1.29 is 15.0 Å². The van der Waals surface area contributed by atoms with Gasteiger partial charge in [-0.3, -0.25) is 4.79 Å². The summed E-state index contributed by atoms with van der Waals surface area (Å²) in [5.41, 5.74) is 11.4. The molecule has 0 saturated carbocycles. The van der Waals surface area contributed by atoms with Gasteiger partial charge in [0.2, 0.25) is 5.91 Å². The van der Waals surface area contributed by atoms with Crippen LogP contribution in [0.4, 0.5) is 0 Å². The lowest BCUT2D eigenvalue weighted by molar-refractivity contribution is -0.132. The van der Waals surface area contributed by atoms with Gasteiger partial charge in [0, 0.05) is 6.54 Å². The Hall–Kier alpha value is -1.43. The van der Waals surface area contributed by atoms with E-state index in [1.807, 2.05) is 0 Å². The molecule has 1 amide bonds. The Balaban J connectivity index is 2.99. The first-order valence-electron chi connectivity index (χ1n) is 4.51. The molecule has 2 unspecified atom stereocenters. The summed E-state index contributed by atoms with van der Waals surface area (Å²) in [6.07, 6.45) is -2.94. The molecule has 2 atom stereocenters. The number of primary amides is 1. The standard InChI is InChI=1S/C10H14N2O3/c11-5-6-3-1-2-4-7(6)8(13)9(14)10(12)15/h1-4,8-9,13-14H,5,11H2,(H2,12,15). The van der Waals surface area contributed by atoms with E-state index >= 15 is 0 Å². The second-order valence-electron chi connectivity index (χ2n) is 3.19. The van der Waals surface area contributed by atoms with Gasteiger partial charge in [-0.1, -0.05) is 24.3 Å². The molecule has 82 valence electrons. The van der Waals surface area contributed by atoms with Crippen LogP contribution in [0.25, 0.3) is 0 Å². The molecular weight excluding hydrogens is 196 g/mol. The van der Waals surface area contributed by atoms with E-state index in [1.165, 1.54) is 0 Å². The second-order valence-corrected chi connectivity index (χ2v) is 3.19. The predicted molar refractivity (Wildman–Crippen MR) is 54.5 cm³/mol. The molecule has 0 aliphatic carbocycles. The highest BCUT2D eigenvalue weighted by Crippen LogP contribution is 2.20. The van der Waals surface area contributed by atoms with Crippen molar-refractivity contribution in [2.75, 3.05) is 0 Å². The van der Waals surface area contributed by atoms with Crippen LogP contribution in [0.15, 0.2) is 24.3 Å². The number of rotatable bonds is 4. The van der Waals surface area contributed by atoms with Gasteiger partial charge in [0.15, 0.2) is 6.10 Å². The molecule has 0 bridgehead atoms. The Morgan fingerprint density at radius 3 is 2.47 bits per heavy atom. The van der Waals surface area contributed by atoms with Gasteiger partial charge in [0.1, 0.15) is 6.10 Å². The molecule has 5 heteroatoms. The first-order valence-corrected chi connectivity index (χ1v) is 4.51. The summed E-state index contributed by atoms with van der Waals surface area (Å²) in [5.74, 6) is -0.964. The van der Waals surface area contributed by atoms with Crippen molar-refractivity contribution in [1.82, 2.24) is 0 Å². The number of nitrogens with two attached hydrogens (primary N) is 2. The van der Waals surface area contributed by atoms with E-state index < -0.39 is 18.1 Å². The Labute approximate surface area is 87.3 Å². The highest BCUT2D eigenvalue weighted by molar-refractivity contribution is 5.79.